The fraction of sp³-hybridized carbons (Fsp3) is 0.106. The highest BCUT2D eigenvalue weighted by atomic mass is 35.5. The average molecular weight is 935 g/mol. The second-order valence-corrected chi connectivity index (χ2v) is 15.6. The van der Waals surface area contributed by atoms with E-state index in [-0.39, 0.29) is 17.7 Å². The Labute approximate surface area is 394 Å². The molecule has 0 radical (unpaired) electrons. The smallest absolute Gasteiger partial charge is 0.257 e. The number of hydrogen-bond acceptors (Lipinski definition) is 12. The van der Waals surface area contributed by atoms with Gasteiger partial charge in [-0.15, -0.1) is 15.3 Å². The Morgan fingerprint density at radius 3 is 1.46 bits per heavy atom. The number of carbonyl (C=O) groups excluding carboxylic acids is 3. The number of rotatable bonds is 9. The molecule has 0 aliphatic rings. The molecule has 0 aliphatic carbocycles. The zero-order valence-electron chi connectivity index (χ0n) is 36.6. The number of nitrogens with zero attached hydrogens (tertiary/aromatic N) is 12. The first-order valence-electron chi connectivity index (χ1n) is 20.3. The van der Waals surface area contributed by atoms with Gasteiger partial charge in [-0.1, -0.05) is 89.9 Å². The van der Waals surface area contributed by atoms with Crippen LogP contribution in [0.3, 0.4) is 0 Å². The number of benzene rings is 6. The lowest BCUT2D eigenvalue weighted by atomic mass is 10.0. The third-order valence-electron chi connectivity index (χ3n) is 9.96. The largest absolute Gasteiger partial charge is 0.322 e. The molecular formula is C47H41Cl2N15O3. The van der Waals surface area contributed by atoms with Gasteiger partial charge in [0.15, 0.2) is 17.5 Å². The molecule has 67 heavy (non-hydrogen) atoms. The van der Waals surface area contributed by atoms with Gasteiger partial charge in [-0.2, -0.15) is 0 Å². The van der Waals surface area contributed by atoms with E-state index < -0.39 is 0 Å². The standard InChI is InChI=1S/C16H14ClN5O.C16H15N5O.C15H12ClN5O/c1-10-3-8-13(9-14(10)17)18-16(23)12-6-4-11(5-7-12)15-19-20-21-22(15)2;1-11-10-12(16(22)17-13-6-4-3-5-7-13)8-9-14(11)15-18-19-20-21(15)2;1-21-14(18-19-20-21)10-7-8-12(13(16)9-10)15(22)17-11-5-3-2-4-6-11/h3-9H,1-2H3,(H,18,23);3-10H,1-2H3,(H,17,22);2-9H,1H3,(H,17,22). The van der Waals surface area contributed by atoms with Crippen LogP contribution < -0.4 is 16.0 Å². The molecule has 0 spiro atoms. The van der Waals surface area contributed by atoms with E-state index in [1.807, 2.05) is 111 Å². The Balaban J connectivity index is 0.000000149. The fourth-order valence-electron chi connectivity index (χ4n) is 6.39. The number of halogens is 2. The average Bonchev–Trinajstić information content (AvgIpc) is 4.09. The van der Waals surface area contributed by atoms with E-state index >= 15 is 0 Å². The molecule has 0 saturated carbocycles. The second kappa shape index (κ2) is 21.5. The van der Waals surface area contributed by atoms with Crippen molar-refractivity contribution < 1.29 is 14.4 Å². The Hall–Kier alpha value is -8.48. The number of aromatic nitrogens is 12. The number of tetrazole rings is 3. The zero-order valence-corrected chi connectivity index (χ0v) is 38.1. The lowest BCUT2D eigenvalue weighted by Crippen LogP contribution is -2.12. The van der Waals surface area contributed by atoms with E-state index in [0.717, 1.165) is 33.5 Å². The fourth-order valence-corrected chi connectivity index (χ4v) is 6.84. The maximum Gasteiger partial charge on any atom is 0.257 e. The van der Waals surface area contributed by atoms with Crippen LogP contribution in [0.15, 0.2) is 140 Å². The van der Waals surface area contributed by atoms with Crippen LogP contribution in [0.5, 0.6) is 0 Å². The second-order valence-electron chi connectivity index (χ2n) is 14.7. The van der Waals surface area contributed by atoms with E-state index in [2.05, 4.69) is 62.5 Å². The van der Waals surface area contributed by atoms with Crippen molar-refractivity contribution in [3.8, 4) is 34.2 Å². The summed E-state index contributed by atoms with van der Waals surface area (Å²) < 4.78 is 4.71. The highest BCUT2D eigenvalue weighted by Crippen LogP contribution is 2.26. The molecule has 9 rings (SSSR count). The van der Waals surface area contributed by atoms with Crippen LogP contribution in [0.1, 0.15) is 42.2 Å². The summed E-state index contributed by atoms with van der Waals surface area (Å²) in [5, 5.41) is 43.5. The van der Waals surface area contributed by atoms with Crippen molar-refractivity contribution in [2.45, 2.75) is 13.8 Å². The summed E-state index contributed by atoms with van der Waals surface area (Å²) in [6.07, 6.45) is 0. The van der Waals surface area contributed by atoms with E-state index in [9.17, 15) is 14.4 Å². The Morgan fingerprint density at radius 2 is 0.940 bits per heavy atom. The van der Waals surface area contributed by atoms with E-state index in [1.165, 1.54) is 4.68 Å². The molecule has 3 aromatic heterocycles. The van der Waals surface area contributed by atoms with Gasteiger partial charge < -0.3 is 16.0 Å². The van der Waals surface area contributed by atoms with Gasteiger partial charge >= 0.3 is 0 Å². The molecule has 18 nitrogen and oxygen atoms in total. The van der Waals surface area contributed by atoms with Crippen LogP contribution in [0.25, 0.3) is 34.2 Å². The van der Waals surface area contributed by atoms with E-state index in [0.29, 0.717) is 55.6 Å². The zero-order chi connectivity index (χ0) is 47.5. The van der Waals surface area contributed by atoms with Crippen LogP contribution in [0, 0.1) is 13.8 Å². The summed E-state index contributed by atoms with van der Waals surface area (Å²) in [7, 11) is 5.28. The van der Waals surface area contributed by atoms with Crippen LogP contribution >= 0.6 is 23.2 Å². The molecule has 0 fully saturated rings. The minimum Gasteiger partial charge on any atom is -0.322 e. The summed E-state index contributed by atoms with van der Waals surface area (Å²) in [5.41, 5.74) is 8.07. The summed E-state index contributed by atoms with van der Waals surface area (Å²) in [6, 6.07) is 41.6. The molecule has 336 valence electrons. The van der Waals surface area contributed by atoms with Gasteiger partial charge in [0.25, 0.3) is 17.7 Å². The van der Waals surface area contributed by atoms with Crippen molar-refractivity contribution in [2.75, 3.05) is 16.0 Å². The lowest BCUT2D eigenvalue weighted by molar-refractivity contribution is 0.101. The molecule has 3 heterocycles. The summed E-state index contributed by atoms with van der Waals surface area (Å²) in [4.78, 5) is 36.8. The molecule has 3 amide bonds. The minimum atomic E-state index is -0.265. The highest BCUT2D eigenvalue weighted by molar-refractivity contribution is 6.34. The molecule has 3 N–H and O–H groups in total. The number of nitrogens with one attached hydrogen (secondary N) is 3. The van der Waals surface area contributed by atoms with Gasteiger partial charge in [-0.3, -0.25) is 14.4 Å². The first-order valence-corrected chi connectivity index (χ1v) is 21.1. The van der Waals surface area contributed by atoms with E-state index in [4.69, 9.17) is 23.2 Å². The van der Waals surface area contributed by atoms with Gasteiger partial charge in [0.2, 0.25) is 0 Å². The Bertz CT molecular complexity index is 3160. The highest BCUT2D eigenvalue weighted by Gasteiger charge is 2.16. The van der Waals surface area contributed by atoms with Crippen molar-refractivity contribution in [3.05, 3.63) is 177 Å². The molecule has 0 aliphatic heterocycles. The number of carbonyl (C=O) groups is 3. The van der Waals surface area contributed by atoms with Crippen LogP contribution in [-0.2, 0) is 21.1 Å². The minimum absolute atomic E-state index is 0.142. The quantitative estimate of drug-likeness (QED) is 0.125. The Kier molecular flexibility index (Phi) is 14.9. The van der Waals surface area contributed by atoms with Gasteiger partial charge in [-0.05, 0) is 129 Å². The molecule has 0 atom stereocenters. The number of anilines is 3. The predicted octanol–water partition coefficient (Wildman–Crippen LogP) is 8.31. The van der Waals surface area contributed by atoms with Gasteiger partial charge in [0.1, 0.15) is 0 Å². The van der Waals surface area contributed by atoms with Gasteiger partial charge in [-0.25, -0.2) is 14.0 Å². The maximum atomic E-state index is 12.3. The molecule has 0 bridgehead atoms. The normalized spacial score (nSPS) is 10.5. The monoisotopic (exact) mass is 933 g/mol. The molecule has 0 unspecified atom stereocenters. The lowest BCUT2D eigenvalue weighted by Gasteiger charge is -2.08. The molecule has 20 heteroatoms. The Morgan fingerprint density at radius 1 is 0.448 bits per heavy atom. The SMILES string of the molecule is Cc1cc(C(=O)Nc2ccccc2)ccc1-c1nnnn1C.Cc1ccc(NC(=O)c2ccc(-c3nnnn3C)cc2)cc1Cl.Cn1nnnc1-c1ccc(C(=O)Nc2ccccc2)c(Cl)c1. The van der Waals surface area contributed by atoms with Crippen molar-refractivity contribution >= 4 is 58.0 Å². The first-order chi connectivity index (χ1) is 32.3. The molecule has 0 saturated heterocycles. The number of para-hydroxylation sites is 2. The van der Waals surface area contributed by atoms with Gasteiger partial charge in [0.05, 0.1) is 10.6 Å². The first kappa shape index (κ1) is 46.5. The van der Waals surface area contributed by atoms with Crippen molar-refractivity contribution in [1.29, 1.82) is 0 Å². The number of aryl methyl sites for hydroxylation is 5. The molecule has 9 aromatic rings. The molecule has 6 aromatic carbocycles. The number of amides is 3. The summed E-state index contributed by atoms with van der Waals surface area (Å²) in [6.45, 7) is 3.84. The summed E-state index contributed by atoms with van der Waals surface area (Å²) in [5.74, 6) is 1.29. The topological polar surface area (TPSA) is 218 Å². The van der Waals surface area contributed by atoms with Gasteiger partial charge in [0, 0.05) is 71.0 Å². The molecular weight excluding hydrogens is 894 g/mol. The van der Waals surface area contributed by atoms with Crippen LogP contribution in [-0.4, -0.2) is 78.3 Å². The summed E-state index contributed by atoms with van der Waals surface area (Å²) >= 11 is 12.3. The van der Waals surface area contributed by atoms with Crippen LogP contribution in [0.2, 0.25) is 10.0 Å². The third-order valence-corrected chi connectivity index (χ3v) is 10.7. The van der Waals surface area contributed by atoms with Crippen molar-refractivity contribution in [1.82, 2.24) is 60.6 Å². The maximum absolute atomic E-state index is 12.3. The predicted molar refractivity (Wildman–Crippen MR) is 255 cm³/mol. The van der Waals surface area contributed by atoms with Crippen LogP contribution in [0.4, 0.5) is 17.1 Å². The van der Waals surface area contributed by atoms with Crippen molar-refractivity contribution in [3.63, 3.8) is 0 Å². The van der Waals surface area contributed by atoms with E-state index in [1.54, 1.807) is 73.0 Å². The number of hydrogen-bond donors (Lipinski definition) is 3. The third kappa shape index (κ3) is 11.8. The van der Waals surface area contributed by atoms with Crippen molar-refractivity contribution in [2.24, 2.45) is 21.1 Å².